The van der Waals surface area contributed by atoms with Crippen molar-refractivity contribution in [3.8, 4) is 0 Å². The summed E-state index contributed by atoms with van der Waals surface area (Å²) in [6.45, 7) is 14.0. The highest BCUT2D eigenvalue weighted by Gasteiger charge is 2.51. The van der Waals surface area contributed by atoms with Crippen LogP contribution < -0.4 is 0 Å². The fraction of sp³-hybridized carbons (Fsp3) is 0.800. The molecule has 0 rings (SSSR count). The van der Waals surface area contributed by atoms with Gasteiger partial charge in [-0.3, -0.25) is 0 Å². The predicted molar refractivity (Wildman–Crippen MR) is 86.1 cm³/mol. The highest BCUT2D eigenvalue weighted by Crippen LogP contribution is 2.34. The van der Waals surface area contributed by atoms with Crippen LogP contribution >= 0.6 is 0 Å². The topological polar surface area (TPSA) is 54.0 Å². The van der Waals surface area contributed by atoms with E-state index in [1.165, 1.54) is 0 Å². The van der Waals surface area contributed by atoms with Crippen molar-refractivity contribution < 1.29 is 23.4 Å². The zero-order valence-corrected chi connectivity index (χ0v) is 16.2. The summed E-state index contributed by atoms with van der Waals surface area (Å²) < 4.78 is 22.9. The highest BCUT2D eigenvalue weighted by molar-refractivity contribution is 5.98. The van der Waals surface area contributed by atoms with Crippen LogP contribution in [0.4, 0.5) is 0 Å². The molecular weight excluding hydrogens is 288 g/mol. The summed E-state index contributed by atoms with van der Waals surface area (Å²) in [7, 11) is 0.468. The van der Waals surface area contributed by atoms with Crippen molar-refractivity contribution in [3.63, 3.8) is 0 Å². The van der Waals surface area contributed by atoms with Crippen molar-refractivity contribution in [2.24, 2.45) is 0 Å². The molecule has 0 spiro atoms. The average molecular weight is 318 g/mol. The number of hydrogen-bond donors (Lipinski definition) is 0. The molecule has 0 bridgehead atoms. The molecule has 0 aliphatic rings. The lowest BCUT2D eigenvalue weighted by molar-refractivity contribution is -0.272. The van der Waals surface area contributed by atoms with Crippen LogP contribution in [0.25, 0.3) is 0 Å². The van der Waals surface area contributed by atoms with Crippen molar-refractivity contribution in [2.75, 3.05) is 13.2 Å². The first-order valence-electron chi connectivity index (χ1n) is 7.42. The third-order valence-corrected chi connectivity index (χ3v) is 4.39. The van der Waals surface area contributed by atoms with E-state index >= 15 is 0 Å². The summed E-state index contributed by atoms with van der Waals surface area (Å²) in [6.07, 6.45) is 2.29. The molecule has 0 amide bonds. The van der Waals surface area contributed by atoms with Gasteiger partial charge < -0.3 is 18.6 Å². The van der Waals surface area contributed by atoms with E-state index in [0.29, 0.717) is 23.7 Å². The Bertz CT molecular complexity index is 324. The SMILES string of the molecule is C=CC(=O)OC(C)(C)C(C)(O[SiH3])C(OCCC)OCCC. The van der Waals surface area contributed by atoms with Gasteiger partial charge in [-0.1, -0.05) is 20.4 Å². The fourth-order valence-electron chi connectivity index (χ4n) is 1.84. The van der Waals surface area contributed by atoms with Crippen molar-refractivity contribution in [1.82, 2.24) is 0 Å². The Balaban J connectivity index is 5.28. The molecule has 0 radical (unpaired) electrons. The first kappa shape index (κ1) is 20.3. The molecule has 0 aromatic heterocycles. The monoisotopic (exact) mass is 318 g/mol. The first-order chi connectivity index (χ1) is 9.78. The molecule has 0 saturated carbocycles. The Morgan fingerprint density at radius 3 is 2.00 bits per heavy atom. The maximum Gasteiger partial charge on any atom is 0.330 e. The normalized spacial score (nSPS) is 15.0. The third-order valence-electron chi connectivity index (χ3n) is 3.54. The molecule has 0 heterocycles. The molecule has 0 aromatic rings. The van der Waals surface area contributed by atoms with Gasteiger partial charge in [0.1, 0.15) is 21.7 Å². The molecule has 1 atom stereocenters. The van der Waals surface area contributed by atoms with Gasteiger partial charge in [0.2, 0.25) is 0 Å². The largest absolute Gasteiger partial charge is 0.453 e. The Hall–Kier alpha value is -0.693. The predicted octanol–water partition coefficient (Wildman–Crippen LogP) is 1.73. The zero-order valence-electron chi connectivity index (χ0n) is 14.2. The number of ether oxygens (including phenoxy) is 3. The molecule has 5 nitrogen and oxygen atoms in total. The van der Waals surface area contributed by atoms with Crippen LogP contribution in [0.15, 0.2) is 12.7 Å². The Labute approximate surface area is 131 Å². The van der Waals surface area contributed by atoms with E-state index in [-0.39, 0.29) is 0 Å². The Morgan fingerprint density at radius 2 is 1.67 bits per heavy atom. The molecule has 1 unspecified atom stereocenters. The van der Waals surface area contributed by atoms with E-state index < -0.39 is 23.5 Å². The van der Waals surface area contributed by atoms with Crippen molar-refractivity contribution in [1.29, 1.82) is 0 Å². The van der Waals surface area contributed by atoms with Gasteiger partial charge in [-0.15, -0.1) is 0 Å². The van der Waals surface area contributed by atoms with E-state index in [4.69, 9.17) is 18.6 Å². The number of esters is 1. The Kier molecular flexibility index (Phi) is 9.04. The minimum absolute atomic E-state index is 0.468. The standard InChI is InChI=1S/C15H30O5Si/c1-7-10-17-13(18-11-8-2)15(6,20-21)14(4,5)19-12(16)9-3/h9,13H,3,7-8,10-11H2,1-2,4-6,21H3. The minimum Gasteiger partial charge on any atom is -0.453 e. The zero-order chi connectivity index (χ0) is 16.5. The second kappa shape index (κ2) is 9.35. The lowest BCUT2D eigenvalue weighted by Gasteiger charge is -2.46. The quantitative estimate of drug-likeness (QED) is 0.251. The van der Waals surface area contributed by atoms with Crippen LogP contribution in [0.2, 0.25) is 0 Å². The number of carbonyl (C=O) groups excluding carboxylic acids is 1. The van der Waals surface area contributed by atoms with Crippen molar-refractivity contribution in [3.05, 3.63) is 12.7 Å². The average Bonchev–Trinajstić information content (AvgIpc) is 2.45. The molecule has 0 fully saturated rings. The van der Waals surface area contributed by atoms with Gasteiger partial charge in [0, 0.05) is 19.3 Å². The van der Waals surface area contributed by atoms with Gasteiger partial charge in [0.15, 0.2) is 6.29 Å². The molecule has 0 N–H and O–H groups in total. The summed E-state index contributed by atoms with van der Waals surface area (Å²) in [5, 5.41) is 0. The van der Waals surface area contributed by atoms with E-state index in [9.17, 15) is 4.79 Å². The van der Waals surface area contributed by atoms with Crippen LogP contribution in [-0.4, -0.2) is 47.2 Å². The van der Waals surface area contributed by atoms with Gasteiger partial charge in [0.05, 0.1) is 0 Å². The molecule has 21 heavy (non-hydrogen) atoms. The van der Waals surface area contributed by atoms with Gasteiger partial charge in [-0.05, 0) is 33.6 Å². The summed E-state index contributed by atoms with van der Waals surface area (Å²) in [6, 6.07) is 0. The summed E-state index contributed by atoms with van der Waals surface area (Å²) in [5.74, 6) is -0.491. The van der Waals surface area contributed by atoms with Crippen LogP contribution in [0, 0.1) is 0 Å². The van der Waals surface area contributed by atoms with Crippen molar-refractivity contribution in [2.45, 2.75) is 65.0 Å². The molecule has 124 valence electrons. The smallest absolute Gasteiger partial charge is 0.330 e. The van der Waals surface area contributed by atoms with E-state index in [2.05, 4.69) is 6.58 Å². The lowest BCUT2D eigenvalue weighted by Crippen LogP contribution is -2.61. The number of carbonyl (C=O) groups is 1. The maximum atomic E-state index is 11.6. The first-order valence-corrected chi connectivity index (χ1v) is 8.24. The maximum absolute atomic E-state index is 11.6. The summed E-state index contributed by atoms with van der Waals surface area (Å²) in [5.41, 5.74) is -1.80. The Morgan fingerprint density at radius 1 is 1.19 bits per heavy atom. The summed E-state index contributed by atoms with van der Waals surface area (Å²) >= 11 is 0. The van der Waals surface area contributed by atoms with E-state index in [1.807, 2.05) is 20.8 Å². The number of hydrogen-bond acceptors (Lipinski definition) is 5. The van der Waals surface area contributed by atoms with Crippen molar-refractivity contribution >= 4 is 16.5 Å². The lowest BCUT2D eigenvalue weighted by atomic mass is 9.86. The van der Waals surface area contributed by atoms with E-state index in [1.54, 1.807) is 13.8 Å². The van der Waals surface area contributed by atoms with Crippen LogP contribution in [-0.2, 0) is 23.4 Å². The molecule has 0 saturated heterocycles. The molecule has 0 aliphatic carbocycles. The van der Waals surface area contributed by atoms with E-state index in [0.717, 1.165) is 18.9 Å². The minimum atomic E-state index is -0.911. The van der Waals surface area contributed by atoms with Crippen LogP contribution in [0.5, 0.6) is 0 Å². The molecule has 0 aromatic carbocycles. The molecular formula is C15H30O5Si. The molecule has 0 aliphatic heterocycles. The number of rotatable bonds is 11. The van der Waals surface area contributed by atoms with Gasteiger partial charge >= 0.3 is 5.97 Å². The third kappa shape index (κ3) is 5.54. The highest BCUT2D eigenvalue weighted by atomic mass is 28.2. The van der Waals surface area contributed by atoms with Gasteiger partial charge in [0.25, 0.3) is 0 Å². The fourth-order valence-corrected chi connectivity index (χ4v) is 2.52. The summed E-state index contributed by atoms with van der Waals surface area (Å²) in [4.78, 5) is 11.6. The second-order valence-electron chi connectivity index (χ2n) is 5.52. The van der Waals surface area contributed by atoms with Crippen LogP contribution in [0.1, 0.15) is 47.5 Å². The van der Waals surface area contributed by atoms with Crippen LogP contribution in [0.3, 0.4) is 0 Å². The van der Waals surface area contributed by atoms with Gasteiger partial charge in [-0.25, -0.2) is 4.79 Å². The van der Waals surface area contributed by atoms with Gasteiger partial charge in [-0.2, -0.15) is 0 Å². The second-order valence-corrected chi connectivity index (χ2v) is 5.93. The molecule has 6 heteroatoms.